The fraction of sp³-hybridized carbons (Fsp3) is 0.0667. The molecule has 0 aliphatic rings. The van der Waals surface area contributed by atoms with E-state index in [0.29, 0.717) is 21.3 Å². The van der Waals surface area contributed by atoms with E-state index in [1.165, 1.54) is 0 Å². The molecule has 0 saturated heterocycles. The summed E-state index contributed by atoms with van der Waals surface area (Å²) in [5.74, 6) is -0.305. The summed E-state index contributed by atoms with van der Waals surface area (Å²) < 4.78 is 0. The van der Waals surface area contributed by atoms with E-state index in [-0.39, 0.29) is 5.91 Å². The largest absolute Gasteiger partial charge is 0.271 e. The molecule has 0 spiro atoms. The predicted octanol–water partition coefficient (Wildman–Crippen LogP) is 4.15. The number of hydrogen-bond acceptors (Lipinski definition) is 2. The molecule has 3 nitrogen and oxygen atoms in total. The molecule has 0 atom stereocenters. The Kier molecular flexibility index (Phi) is 4.77. The number of hydrogen-bond donors (Lipinski definition) is 1. The summed E-state index contributed by atoms with van der Waals surface area (Å²) in [5, 5.41) is 5.23. The van der Waals surface area contributed by atoms with Crippen molar-refractivity contribution in [2.75, 3.05) is 0 Å². The highest BCUT2D eigenvalue weighted by Crippen LogP contribution is 2.11. The number of nitrogens with zero attached hydrogens (tertiary/aromatic N) is 1. The van der Waals surface area contributed by atoms with Gasteiger partial charge in [0.05, 0.1) is 5.71 Å². The van der Waals surface area contributed by atoms with Crippen molar-refractivity contribution in [3.8, 4) is 0 Å². The normalized spacial score (nSPS) is 11.2. The molecule has 2 rings (SSSR count). The van der Waals surface area contributed by atoms with Crippen LogP contribution in [-0.2, 0) is 0 Å². The summed E-state index contributed by atoms with van der Waals surface area (Å²) in [7, 11) is 0. The molecule has 20 heavy (non-hydrogen) atoms. The lowest BCUT2D eigenvalue weighted by Crippen LogP contribution is -2.19. The van der Waals surface area contributed by atoms with Gasteiger partial charge in [0, 0.05) is 15.6 Å². The van der Waals surface area contributed by atoms with E-state index in [4.69, 9.17) is 23.2 Å². The third-order valence-electron chi connectivity index (χ3n) is 2.67. The van der Waals surface area contributed by atoms with Crippen LogP contribution in [0.4, 0.5) is 0 Å². The smallest absolute Gasteiger partial charge is 0.267 e. The summed E-state index contributed by atoms with van der Waals surface area (Å²) >= 11 is 11.7. The van der Waals surface area contributed by atoms with Gasteiger partial charge >= 0.3 is 0 Å². The molecule has 0 aliphatic heterocycles. The van der Waals surface area contributed by atoms with Crippen molar-refractivity contribution in [2.45, 2.75) is 6.92 Å². The second kappa shape index (κ2) is 6.55. The quantitative estimate of drug-likeness (QED) is 0.672. The van der Waals surface area contributed by atoms with Crippen molar-refractivity contribution in [2.24, 2.45) is 5.10 Å². The van der Waals surface area contributed by atoms with Gasteiger partial charge in [-0.05, 0) is 42.8 Å². The topological polar surface area (TPSA) is 41.5 Å². The zero-order valence-corrected chi connectivity index (χ0v) is 12.2. The standard InChI is InChI=1S/C15H12Cl2N2O/c1-10(11-5-7-13(16)8-6-11)18-19-15(20)12-3-2-4-14(17)9-12/h2-9H,1H3,(H,19,20). The van der Waals surface area contributed by atoms with Crippen LogP contribution in [-0.4, -0.2) is 11.6 Å². The summed E-state index contributed by atoms with van der Waals surface area (Å²) in [4.78, 5) is 11.9. The molecule has 2 aromatic carbocycles. The Morgan fingerprint density at radius 2 is 1.70 bits per heavy atom. The average molecular weight is 307 g/mol. The van der Waals surface area contributed by atoms with Crippen LogP contribution in [0.25, 0.3) is 0 Å². The van der Waals surface area contributed by atoms with Gasteiger partial charge in [-0.3, -0.25) is 4.79 Å². The molecule has 0 aromatic heterocycles. The van der Waals surface area contributed by atoms with Crippen LogP contribution < -0.4 is 5.43 Å². The minimum Gasteiger partial charge on any atom is -0.267 e. The zero-order valence-electron chi connectivity index (χ0n) is 10.7. The van der Waals surface area contributed by atoms with E-state index in [2.05, 4.69) is 10.5 Å². The monoisotopic (exact) mass is 306 g/mol. The van der Waals surface area contributed by atoms with Gasteiger partial charge in [-0.15, -0.1) is 0 Å². The van der Waals surface area contributed by atoms with Crippen LogP contribution in [0.2, 0.25) is 10.0 Å². The molecular formula is C15H12Cl2N2O. The highest BCUT2D eigenvalue weighted by Gasteiger charge is 2.05. The highest BCUT2D eigenvalue weighted by molar-refractivity contribution is 6.31. The van der Waals surface area contributed by atoms with Crippen molar-refractivity contribution in [3.63, 3.8) is 0 Å². The molecule has 5 heteroatoms. The molecule has 0 radical (unpaired) electrons. The van der Waals surface area contributed by atoms with Gasteiger partial charge in [0.15, 0.2) is 0 Å². The first-order valence-electron chi connectivity index (χ1n) is 5.92. The lowest BCUT2D eigenvalue weighted by Gasteiger charge is -2.03. The number of halogens is 2. The van der Waals surface area contributed by atoms with Gasteiger partial charge in [-0.25, -0.2) is 5.43 Å². The van der Waals surface area contributed by atoms with Gasteiger partial charge < -0.3 is 0 Å². The van der Waals surface area contributed by atoms with Gasteiger partial charge in [0.2, 0.25) is 0 Å². The molecule has 0 bridgehead atoms. The average Bonchev–Trinajstić information content (AvgIpc) is 2.45. The summed E-state index contributed by atoms with van der Waals surface area (Å²) in [6.45, 7) is 1.81. The van der Waals surface area contributed by atoms with Crippen molar-refractivity contribution >= 4 is 34.8 Å². The lowest BCUT2D eigenvalue weighted by atomic mass is 10.1. The van der Waals surface area contributed by atoms with Crippen molar-refractivity contribution in [1.29, 1.82) is 0 Å². The van der Waals surface area contributed by atoms with Crippen LogP contribution in [0, 0.1) is 0 Å². The molecular weight excluding hydrogens is 295 g/mol. The van der Waals surface area contributed by atoms with Crippen LogP contribution in [0.15, 0.2) is 53.6 Å². The van der Waals surface area contributed by atoms with Crippen LogP contribution in [0.5, 0.6) is 0 Å². The molecule has 1 amide bonds. The number of rotatable bonds is 3. The first kappa shape index (κ1) is 14.6. The minimum atomic E-state index is -0.305. The van der Waals surface area contributed by atoms with Gasteiger partial charge in [0.25, 0.3) is 5.91 Å². The minimum absolute atomic E-state index is 0.305. The summed E-state index contributed by atoms with van der Waals surface area (Å²) in [6, 6.07) is 13.9. The van der Waals surface area contributed by atoms with Gasteiger partial charge in [-0.1, -0.05) is 41.4 Å². The van der Waals surface area contributed by atoms with Crippen molar-refractivity contribution in [3.05, 3.63) is 69.7 Å². The number of amides is 1. The van der Waals surface area contributed by atoms with Crippen molar-refractivity contribution < 1.29 is 4.79 Å². The maximum absolute atomic E-state index is 11.9. The number of carbonyl (C=O) groups excluding carboxylic acids is 1. The van der Waals surface area contributed by atoms with Crippen LogP contribution in [0.3, 0.4) is 0 Å². The van der Waals surface area contributed by atoms with E-state index in [0.717, 1.165) is 5.56 Å². The van der Waals surface area contributed by atoms with Crippen LogP contribution >= 0.6 is 23.2 Å². The second-order valence-corrected chi connectivity index (χ2v) is 5.03. The fourth-order valence-electron chi connectivity index (χ4n) is 1.58. The fourth-order valence-corrected chi connectivity index (χ4v) is 1.90. The molecule has 0 heterocycles. The maximum Gasteiger partial charge on any atom is 0.271 e. The van der Waals surface area contributed by atoms with Crippen molar-refractivity contribution in [1.82, 2.24) is 5.43 Å². The van der Waals surface area contributed by atoms with E-state index >= 15 is 0 Å². The Labute approximate surface area is 127 Å². The Balaban J connectivity index is 2.08. The van der Waals surface area contributed by atoms with Gasteiger partial charge in [-0.2, -0.15) is 5.10 Å². The van der Waals surface area contributed by atoms with Crippen LogP contribution in [0.1, 0.15) is 22.8 Å². The molecule has 102 valence electrons. The molecule has 0 unspecified atom stereocenters. The Morgan fingerprint density at radius 1 is 1.00 bits per heavy atom. The van der Waals surface area contributed by atoms with Gasteiger partial charge in [0.1, 0.15) is 0 Å². The molecule has 0 fully saturated rings. The maximum atomic E-state index is 11.9. The Morgan fingerprint density at radius 3 is 2.35 bits per heavy atom. The van der Waals surface area contributed by atoms with E-state index in [1.807, 2.05) is 19.1 Å². The SMILES string of the molecule is CC(=NNC(=O)c1cccc(Cl)c1)c1ccc(Cl)cc1. The number of hydrazone groups is 1. The third kappa shape index (κ3) is 3.83. The molecule has 0 aliphatic carbocycles. The molecule has 1 N–H and O–H groups in total. The summed E-state index contributed by atoms with van der Waals surface area (Å²) in [6.07, 6.45) is 0. The molecule has 0 saturated carbocycles. The van der Waals surface area contributed by atoms with E-state index < -0.39 is 0 Å². The number of nitrogens with one attached hydrogen (secondary N) is 1. The zero-order chi connectivity index (χ0) is 14.5. The third-order valence-corrected chi connectivity index (χ3v) is 3.16. The first-order valence-corrected chi connectivity index (χ1v) is 6.68. The Bertz CT molecular complexity index is 651. The number of benzene rings is 2. The highest BCUT2D eigenvalue weighted by atomic mass is 35.5. The van der Waals surface area contributed by atoms with E-state index in [1.54, 1.807) is 36.4 Å². The summed E-state index contributed by atoms with van der Waals surface area (Å²) in [5.41, 5.74) is 4.54. The number of carbonyl (C=O) groups is 1. The first-order chi connectivity index (χ1) is 9.56. The lowest BCUT2D eigenvalue weighted by molar-refractivity contribution is 0.0955. The Hall–Kier alpha value is -1.84. The second-order valence-electron chi connectivity index (χ2n) is 4.16. The molecule has 2 aromatic rings. The van der Waals surface area contributed by atoms with E-state index in [9.17, 15) is 4.79 Å². The predicted molar refractivity (Wildman–Crippen MR) is 82.6 cm³/mol.